The highest BCUT2D eigenvalue weighted by Crippen LogP contribution is 2.41. The molecule has 4 rings (SSSR count). The zero-order chi connectivity index (χ0) is 20.8. The fourth-order valence-corrected chi connectivity index (χ4v) is 3.20. The van der Waals surface area contributed by atoms with E-state index in [0.29, 0.717) is 11.1 Å². The first-order valence-corrected chi connectivity index (χ1v) is 8.92. The number of amides is 1. The largest absolute Gasteiger partial charge is 0.433 e. The van der Waals surface area contributed by atoms with Gasteiger partial charge in [0.05, 0.1) is 0 Å². The molecule has 2 heterocycles. The van der Waals surface area contributed by atoms with E-state index in [4.69, 9.17) is 0 Å². The van der Waals surface area contributed by atoms with E-state index in [-0.39, 0.29) is 30.8 Å². The van der Waals surface area contributed by atoms with Crippen LogP contribution < -0.4 is 5.32 Å². The minimum absolute atomic E-state index is 0.0394. The number of carbonyl (C=O) groups is 1. The molecule has 1 aliphatic carbocycles. The van der Waals surface area contributed by atoms with Crippen molar-refractivity contribution in [2.45, 2.75) is 31.0 Å². The number of fused-ring (bicyclic) bond motifs is 1. The summed E-state index contributed by atoms with van der Waals surface area (Å²) in [6.45, 7) is 0.0394. The highest BCUT2D eigenvalue weighted by molar-refractivity contribution is 6.24. The average molecular weight is 409 g/mol. The van der Waals surface area contributed by atoms with E-state index in [9.17, 15) is 26.7 Å². The number of halogens is 5. The van der Waals surface area contributed by atoms with Crippen molar-refractivity contribution in [2.75, 3.05) is 6.54 Å². The Bertz CT molecular complexity index is 953. The van der Waals surface area contributed by atoms with Crippen molar-refractivity contribution in [2.24, 2.45) is 4.99 Å². The van der Waals surface area contributed by atoms with Crippen LogP contribution in [-0.4, -0.2) is 41.3 Å². The smallest absolute Gasteiger partial charge is 0.341 e. The molecule has 29 heavy (non-hydrogen) atoms. The quantitative estimate of drug-likeness (QED) is 0.755. The minimum Gasteiger partial charge on any atom is -0.341 e. The number of amidine groups is 1. The minimum atomic E-state index is -4.54. The predicted molar refractivity (Wildman–Crippen MR) is 97.3 cm³/mol. The van der Waals surface area contributed by atoms with Crippen molar-refractivity contribution >= 4 is 17.3 Å². The Balaban J connectivity index is 1.56. The third-order valence-electron chi connectivity index (χ3n) is 5.07. The Morgan fingerprint density at radius 3 is 2.45 bits per heavy atom. The third-order valence-corrected chi connectivity index (χ3v) is 5.07. The summed E-state index contributed by atoms with van der Waals surface area (Å²) < 4.78 is 65.1. The summed E-state index contributed by atoms with van der Waals surface area (Å²) >= 11 is 0. The first kappa shape index (κ1) is 19.4. The number of nitrogens with one attached hydrogen (secondary N) is 1. The van der Waals surface area contributed by atoms with E-state index in [1.54, 1.807) is 35.4 Å². The molecule has 0 radical (unpaired) electrons. The lowest BCUT2D eigenvalue weighted by molar-refractivity contribution is -0.0929. The molecule has 0 spiro atoms. The fourth-order valence-electron chi connectivity index (χ4n) is 3.20. The van der Waals surface area contributed by atoms with E-state index in [1.165, 1.54) is 12.1 Å². The molecule has 1 amide bonds. The van der Waals surface area contributed by atoms with Crippen molar-refractivity contribution in [1.82, 2.24) is 10.2 Å². The Labute approximate surface area is 163 Å². The van der Waals surface area contributed by atoms with Crippen LogP contribution in [0, 0.1) is 0 Å². The SMILES string of the molecule is O=C(NC1(C(F)F)CC1)c1ccc(C2=CC=CN3CC=C(C(F)(F)F)N=C23)cc1. The molecule has 0 atom stereocenters. The van der Waals surface area contributed by atoms with Crippen LogP contribution in [0.2, 0.25) is 0 Å². The molecule has 4 nitrogen and oxygen atoms in total. The van der Waals surface area contributed by atoms with Crippen molar-refractivity contribution in [1.29, 1.82) is 0 Å². The second kappa shape index (κ2) is 6.82. The molecule has 0 aromatic heterocycles. The normalized spacial score (nSPS) is 19.9. The summed E-state index contributed by atoms with van der Waals surface area (Å²) in [4.78, 5) is 17.6. The second-order valence-electron chi connectivity index (χ2n) is 7.09. The molecule has 152 valence electrons. The van der Waals surface area contributed by atoms with Gasteiger partial charge in [-0.05, 0) is 48.8 Å². The van der Waals surface area contributed by atoms with Gasteiger partial charge in [0.2, 0.25) is 0 Å². The fraction of sp³-hybridized carbons (Fsp3) is 0.300. The predicted octanol–water partition coefficient (Wildman–Crippen LogP) is 4.29. The van der Waals surface area contributed by atoms with Gasteiger partial charge in [0.1, 0.15) is 17.1 Å². The molecule has 1 aromatic carbocycles. The van der Waals surface area contributed by atoms with Crippen LogP contribution in [0.5, 0.6) is 0 Å². The number of carbonyl (C=O) groups excluding carboxylic acids is 1. The second-order valence-corrected chi connectivity index (χ2v) is 7.09. The van der Waals surface area contributed by atoms with Gasteiger partial charge in [-0.15, -0.1) is 0 Å². The molecule has 1 fully saturated rings. The Kier molecular flexibility index (Phi) is 4.55. The van der Waals surface area contributed by atoms with E-state index in [0.717, 1.165) is 6.08 Å². The van der Waals surface area contributed by atoms with Crippen molar-refractivity contribution < 1.29 is 26.7 Å². The summed E-state index contributed by atoms with van der Waals surface area (Å²) in [5, 5.41) is 2.37. The maximum atomic E-state index is 13.0. The number of benzene rings is 1. The first-order valence-electron chi connectivity index (χ1n) is 8.92. The number of rotatable bonds is 4. The van der Waals surface area contributed by atoms with Crippen LogP contribution in [-0.2, 0) is 0 Å². The average Bonchev–Trinajstić information content (AvgIpc) is 3.47. The molecule has 1 saturated carbocycles. The third kappa shape index (κ3) is 3.68. The molecule has 0 unspecified atom stereocenters. The van der Waals surface area contributed by atoms with Gasteiger partial charge in [0.25, 0.3) is 12.3 Å². The molecule has 1 aromatic rings. The highest BCUT2D eigenvalue weighted by Gasteiger charge is 2.52. The van der Waals surface area contributed by atoms with Crippen LogP contribution in [0.4, 0.5) is 22.0 Å². The lowest BCUT2D eigenvalue weighted by atomic mass is 9.99. The summed E-state index contributed by atoms with van der Waals surface area (Å²) in [5.74, 6) is -0.444. The maximum Gasteiger partial charge on any atom is 0.433 e. The zero-order valence-electron chi connectivity index (χ0n) is 15.0. The number of nitrogens with zero attached hydrogens (tertiary/aromatic N) is 2. The van der Waals surface area contributed by atoms with E-state index < -0.39 is 29.7 Å². The van der Waals surface area contributed by atoms with Gasteiger partial charge in [-0.25, -0.2) is 13.8 Å². The number of hydrogen-bond donors (Lipinski definition) is 1. The van der Waals surface area contributed by atoms with E-state index >= 15 is 0 Å². The van der Waals surface area contributed by atoms with Crippen LogP contribution in [0.15, 0.2) is 59.4 Å². The van der Waals surface area contributed by atoms with Crippen LogP contribution in [0.25, 0.3) is 5.57 Å². The van der Waals surface area contributed by atoms with Gasteiger partial charge in [0.15, 0.2) is 0 Å². The van der Waals surface area contributed by atoms with Gasteiger partial charge < -0.3 is 10.2 Å². The lowest BCUT2D eigenvalue weighted by Gasteiger charge is -2.29. The topological polar surface area (TPSA) is 44.7 Å². The molecular weight excluding hydrogens is 393 g/mol. The molecule has 0 saturated heterocycles. The molecular formula is C20H16F5N3O. The van der Waals surface area contributed by atoms with Crippen molar-refractivity contribution in [3.63, 3.8) is 0 Å². The van der Waals surface area contributed by atoms with Crippen LogP contribution in [0.3, 0.4) is 0 Å². The first-order chi connectivity index (χ1) is 13.7. The summed E-state index contributed by atoms with van der Waals surface area (Å²) in [6, 6.07) is 6.04. The highest BCUT2D eigenvalue weighted by atomic mass is 19.4. The number of allylic oxidation sites excluding steroid dienone is 3. The van der Waals surface area contributed by atoms with E-state index in [1.807, 2.05) is 0 Å². The van der Waals surface area contributed by atoms with Crippen molar-refractivity contribution in [3.05, 3.63) is 65.5 Å². The van der Waals surface area contributed by atoms with Gasteiger partial charge in [-0.2, -0.15) is 13.2 Å². The van der Waals surface area contributed by atoms with Crippen molar-refractivity contribution in [3.8, 4) is 0 Å². The monoisotopic (exact) mass is 409 g/mol. The summed E-state index contributed by atoms with van der Waals surface area (Å²) in [6.07, 6.45) is -0.723. The number of hydrogen-bond acceptors (Lipinski definition) is 3. The lowest BCUT2D eigenvalue weighted by Crippen LogP contribution is -2.42. The molecule has 0 bridgehead atoms. The Morgan fingerprint density at radius 2 is 1.86 bits per heavy atom. The molecule has 9 heteroatoms. The van der Waals surface area contributed by atoms with Crippen LogP contribution in [0.1, 0.15) is 28.8 Å². The van der Waals surface area contributed by atoms with E-state index in [2.05, 4.69) is 10.3 Å². The standard InChI is InChI=1S/C20H16F5N3O/c21-18(22)19(8-9-19)27-17(29)13-5-3-12(4-6-13)14-2-1-10-28-11-7-15(20(23,24)25)26-16(14)28/h1-7,10,18H,8-9,11H2,(H,27,29). The van der Waals surface area contributed by atoms with Gasteiger partial charge in [-0.1, -0.05) is 12.1 Å². The molecule has 2 aliphatic heterocycles. The molecule has 3 aliphatic rings. The number of aliphatic imine (C=N–C) groups is 1. The summed E-state index contributed by atoms with van der Waals surface area (Å²) in [5.41, 5.74) is -1.16. The van der Waals surface area contributed by atoms with Gasteiger partial charge >= 0.3 is 6.18 Å². The Morgan fingerprint density at radius 1 is 1.17 bits per heavy atom. The Hall–Kier alpha value is -2.97. The summed E-state index contributed by atoms with van der Waals surface area (Å²) in [7, 11) is 0. The van der Waals surface area contributed by atoms with Crippen LogP contribution >= 0.6 is 0 Å². The van der Waals surface area contributed by atoms with Gasteiger partial charge in [0, 0.05) is 23.9 Å². The van der Waals surface area contributed by atoms with Gasteiger partial charge in [-0.3, -0.25) is 4.79 Å². The number of alkyl halides is 5. The maximum absolute atomic E-state index is 13.0. The molecule has 1 N–H and O–H groups in total. The zero-order valence-corrected chi connectivity index (χ0v) is 15.0.